The highest BCUT2D eigenvalue weighted by Crippen LogP contribution is 2.47. The van der Waals surface area contributed by atoms with Crippen molar-refractivity contribution in [3.8, 4) is 0 Å². The number of hydrogen-bond donors (Lipinski definition) is 1. The molecule has 0 saturated carbocycles. The molecule has 0 aromatic heterocycles. The summed E-state index contributed by atoms with van der Waals surface area (Å²) in [5, 5.41) is 0. The maximum Gasteiger partial charge on any atom is 0.414 e. The van der Waals surface area contributed by atoms with Gasteiger partial charge in [-0.25, -0.2) is 4.79 Å². The van der Waals surface area contributed by atoms with Gasteiger partial charge in [-0.05, 0) is 43.2 Å². The number of rotatable bonds is 4. The first-order valence-corrected chi connectivity index (χ1v) is 9.90. The van der Waals surface area contributed by atoms with Gasteiger partial charge in [-0.1, -0.05) is 23.8 Å². The highest BCUT2D eigenvalue weighted by Gasteiger charge is 2.43. The lowest BCUT2D eigenvalue weighted by molar-refractivity contribution is -0.119. The van der Waals surface area contributed by atoms with Gasteiger partial charge < -0.3 is 20.1 Å². The van der Waals surface area contributed by atoms with Crippen molar-refractivity contribution in [2.24, 2.45) is 11.1 Å². The van der Waals surface area contributed by atoms with Gasteiger partial charge >= 0.3 is 6.09 Å². The Morgan fingerprint density at radius 2 is 1.96 bits per heavy atom. The third-order valence-electron chi connectivity index (χ3n) is 5.83. The van der Waals surface area contributed by atoms with Gasteiger partial charge in [0, 0.05) is 46.2 Å². The molecule has 0 radical (unpaired) electrons. The lowest BCUT2D eigenvalue weighted by Crippen LogP contribution is -2.38. The first-order valence-electron chi connectivity index (χ1n) is 9.90. The molecule has 1 aromatic rings. The van der Waals surface area contributed by atoms with Crippen LogP contribution in [0.15, 0.2) is 24.0 Å². The van der Waals surface area contributed by atoms with Crippen LogP contribution >= 0.6 is 0 Å². The Morgan fingerprint density at radius 1 is 1.25 bits per heavy atom. The summed E-state index contributed by atoms with van der Waals surface area (Å²) in [6.07, 6.45) is 2.18. The van der Waals surface area contributed by atoms with E-state index in [9.17, 15) is 9.59 Å². The predicted molar refractivity (Wildman–Crippen MR) is 108 cm³/mol. The number of ether oxygens (including phenoxy) is 2. The van der Waals surface area contributed by atoms with E-state index >= 15 is 0 Å². The fraction of sp³-hybridized carbons (Fsp3) is 0.545. The summed E-state index contributed by atoms with van der Waals surface area (Å²) >= 11 is 0. The van der Waals surface area contributed by atoms with Crippen LogP contribution in [0.5, 0.6) is 0 Å². The largest absolute Gasteiger partial charge is 0.414 e. The highest BCUT2D eigenvalue weighted by molar-refractivity contribution is 6.22. The first kappa shape index (κ1) is 20.6. The van der Waals surface area contributed by atoms with Gasteiger partial charge in [0.15, 0.2) is 5.78 Å². The Balaban J connectivity index is 2.03. The minimum Gasteiger partial charge on any atom is -0.414 e. The van der Waals surface area contributed by atoms with E-state index in [-0.39, 0.29) is 11.2 Å². The quantitative estimate of drug-likeness (QED) is 0.859. The Kier molecular flexibility index (Phi) is 6.20. The zero-order chi connectivity index (χ0) is 20.3. The Hall–Kier alpha value is -2.18. The molecule has 28 heavy (non-hydrogen) atoms. The molecule has 6 heteroatoms. The number of amides is 1. The number of likely N-dealkylation sites (N-methyl/N-ethyl adjacent to an activating group) is 1. The molecular formula is C22H30N2O4. The van der Waals surface area contributed by atoms with Crippen molar-refractivity contribution < 1.29 is 19.1 Å². The molecule has 0 bridgehead atoms. The van der Waals surface area contributed by atoms with Gasteiger partial charge in [-0.2, -0.15) is 0 Å². The number of carbonyl (C=O) groups excluding carboxylic acids is 2. The molecule has 152 valence electrons. The molecule has 1 fully saturated rings. The average Bonchev–Trinajstić information content (AvgIpc) is 2.64. The Morgan fingerprint density at radius 3 is 2.64 bits per heavy atom. The molecule has 2 N–H and O–H groups in total. The third-order valence-corrected chi connectivity index (χ3v) is 5.83. The number of nitrogens with two attached hydrogens (primary N) is 1. The van der Waals surface area contributed by atoms with Crippen molar-refractivity contribution in [3.63, 3.8) is 0 Å². The number of ketones is 1. The predicted octanol–water partition coefficient (Wildman–Crippen LogP) is 3.20. The standard InChI is InChI=1S/C22H30N2O4/c1-15-4-5-16(2)17(12-15)20-18(25)13-22(6-10-27-11-7-22)14-19(20)28-21(26)24(3)9-8-23/h4-5,12H,6-11,13-14,23H2,1-3H3. The minimum absolute atomic E-state index is 0.0473. The fourth-order valence-corrected chi connectivity index (χ4v) is 4.09. The van der Waals surface area contributed by atoms with Crippen LogP contribution in [0.1, 0.15) is 42.4 Å². The number of benzene rings is 1. The molecule has 1 heterocycles. The van der Waals surface area contributed by atoms with Crippen molar-refractivity contribution in [2.75, 3.05) is 33.4 Å². The molecule has 1 aliphatic heterocycles. The summed E-state index contributed by atoms with van der Waals surface area (Å²) in [4.78, 5) is 27.3. The average molecular weight is 386 g/mol. The maximum absolute atomic E-state index is 13.3. The van der Waals surface area contributed by atoms with Crippen molar-refractivity contribution in [2.45, 2.75) is 39.5 Å². The summed E-state index contributed by atoms with van der Waals surface area (Å²) in [7, 11) is 1.65. The summed E-state index contributed by atoms with van der Waals surface area (Å²) in [5.41, 5.74) is 8.85. The lowest BCUT2D eigenvalue weighted by Gasteiger charge is -2.40. The van der Waals surface area contributed by atoms with Crippen LogP contribution in [-0.4, -0.2) is 50.1 Å². The van der Waals surface area contributed by atoms with E-state index in [1.165, 1.54) is 4.90 Å². The molecule has 6 nitrogen and oxygen atoms in total. The molecule has 2 aliphatic rings. The lowest BCUT2D eigenvalue weighted by atomic mass is 9.67. The van der Waals surface area contributed by atoms with Crippen molar-refractivity contribution in [1.82, 2.24) is 4.90 Å². The minimum atomic E-state index is -0.472. The van der Waals surface area contributed by atoms with Crippen LogP contribution in [-0.2, 0) is 14.3 Å². The van der Waals surface area contributed by atoms with E-state index in [1.807, 2.05) is 32.0 Å². The molecule has 3 rings (SSSR count). The number of nitrogens with zero attached hydrogens (tertiary/aromatic N) is 1. The van der Waals surface area contributed by atoms with Crippen LogP contribution in [0.2, 0.25) is 0 Å². The second-order valence-corrected chi connectivity index (χ2v) is 8.08. The maximum atomic E-state index is 13.3. The number of aryl methyl sites for hydroxylation is 2. The second-order valence-electron chi connectivity index (χ2n) is 8.08. The van der Waals surface area contributed by atoms with Crippen molar-refractivity contribution in [3.05, 3.63) is 40.6 Å². The smallest absolute Gasteiger partial charge is 0.414 e. The second kappa shape index (κ2) is 8.45. The fourth-order valence-electron chi connectivity index (χ4n) is 4.09. The van der Waals surface area contributed by atoms with E-state index < -0.39 is 6.09 Å². The van der Waals surface area contributed by atoms with Gasteiger partial charge in [0.1, 0.15) is 5.76 Å². The molecule has 1 aromatic carbocycles. The molecule has 1 amide bonds. The monoisotopic (exact) mass is 386 g/mol. The number of carbonyl (C=O) groups is 2. The zero-order valence-electron chi connectivity index (χ0n) is 17.0. The summed E-state index contributed by atoms with van der Waals surface area (Å²) < 4.78 is 11.3. The van der Waals surface area contributed by atoms with Crippen LogP contribution in [0.25, 0.3) is 5.57 Å². The summed E-state index contributed by atoms with van der Waals surface area (Å²) in [6, 6.07) is 6.03. The molecule has 1 saturated heterocycles. The van der Waals surface area contributed by atoms with E-state index in [0.29, 0.717) is 50.5 Å². The Bertz CT molecular complexity index is 794. The van der Waals surface area contributed by atoms with Gasteiger partial charge in [-0.3, -0.25) is 4.79 Å². The zero-order valence-corrected chi connectivity index (χ0v) is 17.0. The van der Waals surface area contributed by atoms with E-state index in [4.69, 9.17) is 15.2 Å². The van der Waals surface area contributed by atoms with Gasteiger partial charge in [0.25, 0.3) is 0 Å². The van der Waals surface area contributed by atoms with Crippen LogP contribution in [0.3, 0.4) is 0 Å². The highest BCUT2D eigenvalue weighted by atomic mass is 16.6. The molecule has 1 aliphatic carbocycles. The summed E-state index contributed by atoms with van der Waals surface area (Å²) in [6.45, 7) is 6.01. The molecule has 0 atom stereocenters. The molecule has 1 spiro atoms. The van der Waals surface area contributed by atoms with Gasteiger partial charge in [0.05, 0.1) is 5.57 Å². The number of hydrogen-bond acceptors (Lipinski definition) is 5. The van der Waals surface area contributed by atoms with Gasteiger partial charge in [0.2, 0.25) is 0 Å². The molecular weight excluding hydrogens is 356 g/mol. The topological polar surface area (TPSA) is 81.9 Å². The molecule has 0 unspecified atom stereocenters. The van der Waals surface area contributed by atoms with Crippen LogP contribution in [0.4, 0.5) is 4.79 Å². The van der Waals surface area contributed by atoms with Crippen molar-refractivity contribution in [1.29, 1.82) is 0 Å². The number of allylic oxidation sites excluding steroid dienone is 2. The third kappa shape index (κ3) is 4.28. The van der Waals surface area contributed by atoms with Crippen LogP contribution in [0, 0.1) is 19.3 Å². The number of Topliss-reactive ketones (excluding diaryl/α,β-unsaturated/α-hetero) is 1. The van der Waals surface area contributed by atoms with E-state index in [2.05, 4.69) is 0 Å². The Labute approximate surface area is 166 Å². The first-order chi connectivity index (χ1) is 13.3. The normalized spacial score (nSPS) is 19.1. The van der Waals surface area contributed by atoms with Crippen molar-refractivity contribution >= 4 is 17.4 Å². The van der Waals surface area contributed by atoms with Gasteiger partial charge in [-0.15, -0.1) is 0 Å². The SMILES string of the molecule is Cc1ccc(C)c(C2=C(OC(=O)N(C)CCN)CC3(CCOCC3)CC2=O)c1. The van der Waals surface area contributed by atoms with Crippen LogP contribution < -0.4 is 5.73 Å². The summed E-state index contributed by atoms with van der Waals surface area (Å²) in [5.74, 6) is 0.534. The van der Waals surface area contributed by atoms with E-state index in [1.54, 1.807) is 7.05 Å². The van der Waals surface area contributed by atoms with E-state index in [0.717, 1.165) is 29.5 Å².